The predicted molar refractivity (Wildman–Crippen MR) is 121 cm³/mol. The van der Waals surface area contributed by atoms with Crippen LogP contribution in [0.4, 0.5) is 0 Å². The highest BCUT2D eigenvalue weighted by Gasteiger charge is 2.20. The van der Waals surface area contributed by atoms with Gasteiger partial charge in [0.15, 0.2) is 0 Å². The number of benzene rings is 3. The van der Waals surface area contributed by atoms with Gasteiger partial charge in [0, 0.05) is 24.2 Å². The van der Waals surface area contributed by atoms with E-state index in [2.05, 4.69) is 10.0 Å². The van der Waals surface area contributed by atoms with Gasteiger partial charge in [0.25, 0.3) is 5.91 Å². The molecule has 0 radical (unpaired) electrons. The van der Waals surface area contributed by atoms with E-state index in [0.717, 1.165) is 11.1 Å². The molecule has 0 aliphatic carbocycles. The van der Waals surface area contributed by atoms with Crippen molar-refractivity contribution in [1.29, 1.82) is 0 Å². The Morgan fingerprint density at radius 2 is 1.65 bits per heavy atom. The zero-order valence-electron chi connectivity index (χ0n) is 16.9. The van der Waals surface area contributed by atoms with Crippen molar-refractivity contribution in [1.82, 2.24) is 10.0 Å². The van der Waals surface area contributed by atoms with Gasteiger partial charge in [0.1, 0.15) is 0 Å². The Balaban J connectivity index is 1.86. The molecule has 1 unspecified atom stereocenters. The van der Waals surface area contributed by atoms with Crippen molar-refractivity contribution in [3.05, 3.63) is 101 Å². The second-order valence-electron chi connectivity index (χ2n) is 6.79. The zero-order chi connectivity index (χ0) is 22.3. The minimum atomic E-state index is -3.75. The number of amides is 1. The quantitative estimate of drug-likeness (QED) is 0.478. The molecule has 1 amide bonds. The topological polar surface area (TPSA) is 84.5 Å². The van der Waals surface area contributed by atoms with E-state index in [1.165, 1.54) is 19.2 Å². The summed E-state index contributed by atoms with van der Waals surface area (Å²) in [7, 11) is -2.26. The molecule has 1 atom stereocenters. The van der Waals surface area contributed by atoms with Gasteiger partial charge in [-0.2, -0.15) is 0 Å². The van der Waals surface area contributed by atoms with Gasteiger partial charge in [-0.1, -0.05) is 60.1 Å². The van der Waals surface area contributed by atoms with Crippen LogP contribution in [0.15, 0.2) is 83.8 Å². The molecule has 0 bridgehead atoms. The van der Waals surface area contributed by atoms with Crippen molar-refractivity contribution in [2.45, 2.75) is 10.9 Å². The van der Waals surface area contributed by atoms with Crippen LogP contribution in [-0.2, 0) is 14.8 Å². The molecule has 31 heavy (non-hydrogen) atoms. The number of carbonyl (C=O) groups excluding carboxylic acids is 1. The lowest BCUT2D eigenvalue weighted by molar-refractivity contribution is 0.0942. The molecule has 2 N–H and O–H groups in total. The Morgan fingerprint density at radius 1 is 0.968 bits per heavy atom. The summed E-state index contributed by atoms with van der Waals surface area (Å²) in [5, 5.41) is 3.60. The molecule has 0 heterocycles. The van der Waals surface area contributed by atoms with Gasteiger partial charge >= 0.3 is 0 Å². The monoisotopic (exact) mass is 458 g/mol. The molecule has 0 fully saturated rings. The Bertz CT molecular complexity index is 1120. The van der Waals surface area contributed by atoms with Crippen molar-refractivity contribution in [3.8, 4) is 0 Å². The number of rotatable bonds is 9. The van der Waals surface area contributed by atoms with E-state index in [4.69, 9.17) is 16.3 Å². The predicted octanol–water partition coefficient (Wildman–Crippen LogP) is 3.78. The summed E-state index contributed by atoms with van der Waals surface area (Å²) in [4.78, 5) is 13.0. The maximum Gasteiger partial charge on any atom is 0.252 e. The van der Waals surface area contributed by atoms with Crippen LogP contribution in [-0.4, -0.2) is 34.6 Å². The molecule has 3 aromatic carbocycles. The Kier molecular flexibility index (Phi) is 7.81. The number of hydrogen-bond donors (Lipinski definition) is 2. The molecule has 162 valence electrons. The van der Waals surface area contributed by atoms with E-state index in [1.807, 2.05) is 42.5 Å². The standard InChI is InChI=1S/C23H23ClN2O4S/c1-30-15-14-25-31(28,29)21-9-5-8-19(16-21)23(27)26-22(17-6-3-2-4-7-17)18-10-12-20(24)13-11-18/h2-13,16,22,25H,14-15H2,1H3,(H,26,27). The minimum Gasteiger partial charge on any atom is -0.383 e. The summed E-state index contributed by atoms with van der Waals surface area (Å²) < 4.78 is 32.3. The highest BCUT2D eigenvalue weighted by Crippen LogP contribution is 2.24. The Labute approximate surface area is 187 Å². The lowest BCUT2D eigenvalue weighted by Gasteiger charge is -2.20. The van der Waals surface area contributed by atoms with Gasteiger partial charge in [-0.05, 0) is 41.5 Å². The van der Waals surface area contributed by atoms with Crippen molar-refractivity contribution >= 4 is 27.5 Å². The van der Waals surface area contributed by atoms with Crippen LogP contribution >= 0.6 is 11.6 Å². The van der Waals surface area contributed by atoms with Gasteiger partial charge in [-0.15, -0.1) is 0 Å². The van der Waals surface area contributed by atoms with E-state index < -0.39 is 22.0 Å². The summed E-state index contributed by atoms with van der Waals surface area (Å²) in [6.07, 6.45) is 0. The summed E-state index contributed by atoms with van der Waals surface area (Å²) >= 11 is 6.01. The molecular weight excluding hydrogens is 436 g/mol. The number of halogens is 1. The second-order valence-corrected chi connectivity index (χ2v) is 8.99. The number of carbonyl (C=O) groups is 1. The highest BCUT2D eigenvalue weighted by molar-refractivity contribution is 7.89. The average molecular weight is 459 g/mol. The van der Waals surface area contributed by atoms with Crippen LogP contribution in [0.2, 0.25) is 5.02 Å². The first-order valence-electron chi connectivity index (χ1n) is 9.60. The molecule has 0 saturated carbocycles. The fraction of sp³-hybridized carbons (Fsp3) is 0.174. The van der Waals surface area contributed by atoms with Gasteiger partial charge in [-0.25, -0.2) is 13.1 Å². The van der Waals surface area contributed by atoms with E-state index in [-0.39, 0.29) is 23.6 Å². The van der Waals surface area contributed by atoms with Gasteiger partial charge < -0.3 is 10.1 Å². The lowest BCUT2D eigenvalue weighted by Crippen LogP contribution is -2.30. The van der Waals surface area contributed by atoms with Crippen LogP contribution in [0.5, 0.6) is 0 Å². The number of methoxy groups -OCH3 is 1. The number of hydrogen-bond acceptors (Lipinski definition) is 4. The normalized spacial score (nSPS) is 12.3. The number of ether oxygens (including phenoxy) is 1. The van der Waals surface area contributed by atoms with Crippen molar-refractivity contribution in [2.75, 3.05) is 20.3 Å². The van der Waals surface area contributed by atoms with Gasteiger partial charge in [-0.3, -0.25) is 4.79 Å². The van der Waals surface area contributed by atoms with Crippen LogP contribution in [0.3, 0.4) is 0 Å². The molecule has 8 heteroatoms. The fourth-order valence-corrected chi connectivity index (χ4v) is 4.22. The van der Waals surface area contributed by atoms with E-state index in [0.29, 0.717) is 5.02 Å². The summed E-state index contributed by atoms with van der Waals surface area (Å²) in [6.45, 7) is 0.390. The van der Waals surface area contributed by atoms with E-state index in [1.54, 1.807) is 24.3 Å². The van der Waals surface area contributed by atoms with Crippen LogP contribution < -0.4 is 10.0 Å². The SMILES string of the molecule is COCCNS(=O)(=O)c1cccc(C(=O)NC(c2ccccc2)c2ccc(Cl)cc2)c1. The number of sulfonamides is 1. The maximum absolute atomic E-state index is 13.0. The Morgan fingerprint density at radius 3 is 2.32 bits per heavy atom. The van der Waals surface area contributed by atoms with E-state index >= 15 is 0 Å². The fourth-order valence-electron chi connectivity index (χ4n) is 3.04. The molecule has 3 rings (SSSR count). The van der Waals surface area contributed by atoms with Gasteiger partial charge in [0.05, 0.1) is 17.5 Å². The maximum atomic E-state index is 13.0. The zero-order valence-corrected chi connectivity index (χ0v) is 18.5. The van der Waals surface area contributed by atoms with Gasteiger partial charge in [0.2, 0.25) is 10.0 Å². The molecular formula is C23H23ClN2O4S. The average Bonchev–Trinajstić information content (AvgIpc) is 2.79. The third-order valence-electron chi connectivity index (χ3n) is 4.62. The highest BCUT2D eigenvalue weighted by atomic mass is 35.5. The lowest BCUT2D eigenvalue weighted by atomic mass is 9.98. The van der Waals surface area contributed by atoms with Crippen molar-refractivity contribution in [3.63, 3.8) is 0 Å². The van der Waals surface area contributed by atoms with Crippen LogP contribution in [0.1, 0.15) is 27.5 Å². The first-order chi connectivity index (χ1) is 14.9. The van der Waals surface area contributed by atoms with E-state index in [9.17, 15) is 13.2 Å². The molecule has 0 aliphatic heterocycles. The third kappa shape index (κ3) is 6.15. The molecule has 0 saturated heterocycles. The molecule has 0 aromatic heterocycles. The van der Waals surface area contributed by atoms with Crippen LogP contribution in [0.25, 0.3) is 0 Å². The molecule has 0 spiro atoms. The second kappa shape index (κ2) is 10.5. The minimum absolute atomic E-state index is 0.0130. The number of nitrogens with one attached hydrogen (secondary N) is 2. The smallest absolute Gasteiger partial charge is 0.252 e. The van der Waals surface area contributed by atoms with Crippen LogP contribution in [0, 0.1) is 0 Å². The summed E-state index contributed by atoms with van der Waals surface area (Å²) in [5.74, 6) is -0.391. The first-order valence-corrected chi connectivity index (χ1v) is 11.5. The third-order valence-corrected chi connectivity index (χ3v) is 6.33. The molecule has 0 aliphatic rings. The first kappa shape index (κ1) is 23.0. The Hall–Kier alpha value is -2.71. The summed E-state index contributed by atoms with van der Waals surface area (Å²) in [6, 6.07) is 22.2. The van der Waals surface area contributed by atoms with Crippen molar-refractivity contribution in [2.24, 2.45) is 0 Å². The van der Waals surface area contributed by atoms with Crippen molar-refractivity contribution < 1.29 is 17.9 Å². The summed E-state index contributed by atoms with van der Waals surface area (Å²) in [5.41, 5.74) is 1.99. The molecule has 3 aromatic rings. The molecule has 6 nitrogen and oxygen atoms in total. The largest absolute Gasteiger partial charge is 0.383 e.